The first kappa shape index (κ1) is 22.2. The lowest BCUT2D eigenvalue weighted by Crippen LogP contribution is -2.65. The van der Waals surface area contributed by atoms with Gasteiger partial charge in [-0.2, -0.15) is 0 Å². The first-order valence-electron chi connectivity index (χ1n) is 12.2. The van der Waals surface area contributed by atoms with Crippen molar-refractivity contribution in [3.63, 3.8) is 0 Å². The zero-order valence-corrected chi connectivity index (χ0v) is 20.4. The molecule has 2 aromatic heterocycles. The number of fused-ring (bicyclic) bond motifs is 3. The van der Waals surface area contributed by atoms with E-state index in [0.717, 1.165) is 42.3 Å². The summed E-state index contributed by atoms with van der Waals surface area (Å²) in [6, 6.07) is 14.6. The molecule has 5 nitrogen and oxygen atoms in total. The van der Waals surface area contributed by atoms with Crippen LogP contribution in [0, 0.1) is 5.92 Å². The monoisotopic (exact) mass is 463 g/mol. The number of nitrogens with zero attached hydrogens (tertiary/aromatic N) is 2. The number of rotatable bonds is 6. The predicted molar refractivity (Wildman–Crippen MR) is 134 cm³/mol. The summed E-state index contributed by atoms with van der Waals surface area (Å²) in [7, 11) is 0. The van der Waals surface area contributed by atoms with Crippen molar-refractivity contribution < 1.29 is 9.59 Å². The molecular formula is C27H33N3O2S. The van der Waals surface area contributed by atoms with Crippen molar-refractivity contribution in [2.75, 3.05) is 6.54 Å². The molecular weight excluding hydrogens is 430 g/mol. The van der Waals surface area contributed by atoms with E-state index in [9.17, 15) is 9.59 Å². The number of benzene rings is 1. The summed E-state index contributed by atoms with van der Waals surface area (Å²) in [6.07, 6.45) is 6.28. The second-order valence-electron chi connectivity index (χ2n) is 9.95. The molecule has 1 saturated carbocycles. The minimum absolute atomic E-state index is 0.0166. The van der Waals surface area contributed by atoms with Crippen molar-refractivity contribution in [2.45, 2.75) is 70.5 Å². The van der Waals surface area contributed by atoms with Crippen LogP contribution in [0.5, 0.6) is 0 Å². The Bertz CT molecular complexity index is 1150. The van der Waals surface area contributed by atoms with Crippen molar-refractivity contribution in [1.29, 1.82) is 0 Å². The van der Waals surface area contributed by atoms with Gasteiger partial charge in [-0.3, -0.25) is 9.59 Å². The number of carbonyl (C=O) groups is 2. The van der Waals surface area contributed by atoms with E-state index in [1.165, 1.54) is 12.0 Å². The highest BCUT2D eigenvalue weighted by Gasteiger charge is 2.48. The number of hydrogen-bond acceptors (Lipinski definition) is 3. The number of nitrogens with one attached hydrogen (secondary N) is 1. The van der Waals surface area contributed by atoms with Crippen LogP contribution in [-0.2, 0) is 17.8 Å². The smallest absolute Gasteiger partial charge is 0.271 e. The molecule has 2 amide bonds. The third kappa shape index (κ3) is 4.10. The Morgan fingerprint density at radius 2 is 1.97 bits per heavy atom. The lowest BCUT2D eigenvalue weighted by Gasteiger charge is -2.45. The molecule has 0 unspecified atom stereocenters. The molecule has 174 valence electrons. The third-order valence-electron chi connectivity index (χ3n) is 7.66. The van der Waals surface area contributed by atoms with Crippen molar-refractivity contribution in [3.05, 3.63) is 59.1 Å². The fourth-order valence-corrected chi connectivity index (χ4v) is 6.39. The van der Waals surface area contributed by atoms with Crippen LogP contribution in [0.3, 0.4) is 0 Å². The summed E-state index contributed by atoms with van der Waals surface area (Å²) < 4.78 is 3.17. The van der Waals surface area contributed by atoms with E-state index < -0.39 is 5.54 Å². The Hall–Kier alpha value is -2.60. The second kappa shape index (κ2) is 8.98. The quantitative estimate of drug-likeness (QED) is 0.543. The van der Waals surface area contributed by atoms with Gasteiger partial charge < -0.3 is 14.8 Å². The Morgan fingerprint density at radius 3 is 2.76 bits per heavy atom. The highest BCUT2D eigenvalue weighted by Crippen LogP contribution is 2.35. The van der Waals surface area contributed by atoms with E-state index in [1.54, 1.807) is 11.3 Å². The first-order valence-corrected chi connectivity index (χ1v) is 13.1. The number of aryl methyl sites for hydroxylation is 1. The summed E-state index contributed by atoms with van der Waals surface area (Å²) in [5.41, 5.74) is 2.10. The minimum Gasteiger partial charge on any atom is -0.351 e. The highest BCUT2D eigenvalue weighted by atomic mass is 32.1. The maximum Gasteiger partial charge on any atom is 0.271 e. The van der Waals surface area contributed by atoms with Gasteiger partial charge in [0.2, 0.25) is 5.91 Å². The highest BCUT2D eigenvalue weighted by molar-refractivity contribution is 7.17. The molecule has 0 bridgehead atoms. The molecule has 1 aliphatic heterocycles. The maximum absolute atomic E-state index is 13.8. The predicted octanol–water partition coefficient (Wildman–Crippen LogP) is 5.25. The summed E-state index contributed by atoms with van der Waals surface area (Å²) in [5, 5.41) is 5.41. The molecule has 1 N–H and O–H groups in total. The van der Waals surface area contributed by atoms with Gasteiger partial charge in [0.1, 0.15) is 11.2 Å². The topological polar surface area (TPSA) is 54.3 Å². The zero-order chi connectivity index (χ0) is 23.0. The van der Waals surface area contributed by atoms with Gasteiger partial charge in [0.25, 0.3) is 5.91 Å². The molecule has 2 aliphatic rings. The standard InChI is InChI=1S/C27H33N3O2S/c1-19-9-6-7-13-21(19)28-26(32)27(2)18-29-22-14-16-33-24(22)17-23(29)25(31)30(27)15-8-12-20-10-4-3-5-11-20/h3-5,10-11,14,16-17,19,21H,6-9,12-13,15,18H2,1-2H3,(H,28,32)/t19-,21+,27-/m1/s1. The van der Waals surface area contributed by atoms with Gasteiger partial charge >= 0.3 is 0 Å². The fraction of sp³-hybridized carbons (Fsp3) is 0.481. The normalized spacial score (nSPS) is 25.3. The third-order valence-corrected chi connectivity index (χ3v) is 8.51. The summed E-state index contributed by atoms with van der Waals surface area (Å²) in [4.78, 5) is 29.4. The molecule has 3 atom stereocenters. The Kier molecular flexibility index (Phi) is 6.04. The SMILES string of the molecule is C[C@@H]1CCCC[C@@H]1NC(=O)[C@@]1(C)Cn2c(cc3sccc32)C(=O)N1CCCc1ccccc1. The van der Waals surface area contributed by atoms with Gasteiger partial charge in [0, 0.05) is 12.6 Å². The lowest BCUT2D eigenvalue weighted by atomic mass is 9.85. The zero-order valence-electron chi connectivity index (χ0n) is 19.5. The Morgan fingerprint density at radius 1 is 1.18 bits per heavy atom. The summed E-state index contributed by atoms with van der Waals surface area (Å²) >= 11 is 1.64. The lowest BCUT2D eigenvalue weighted by molar-refractivity contribution is -0.134. The number of amides is 2. The molecule has 1 fully saturated rings. The average Bonchev–Trinajstić information content (AvgIpc) is 3.41. The van der Waals surface area contributed by atoms with Crippen LogP contribution in [0.4, 0.5) is 0 Å². The number of carbonyl (C=O) groups excluding carboxylic acids is 2. The minimum atomic E-state index is -0.911. The van der Waals surface area contributed by atoms with Crippen LogP contribution in [-0.4, -0.2) is 39.4 Å². The largest absolute Gasteiger partial charge is 0.351 e. The summed E-state index contributed by atoms with van der Waals surface area (Å²) in [6.45, 7) is 5.25. The van der Waals surface area contributed by atoms with Gasteiger partial charge in [-0.1, -0.05) is 50.1 Å². The Labute approximate surface area is 199 Å². The number of hydrogen-bond donors (Lipinski definition) is 1. The molecule has 5 rings (SSSR count). The van der Waals surface area contributed by atoms with Gasteiger partial charge in [0.15, 0.2) is 0 Å². The fourth-order valence-electron chi connectivity index (χ4n) is 5.56. The van der Waals surface area contributed by atoms with E-state index in [2.05, 4.69) is 40.4 Å². The van der Waals surface area contributed by atoms with Crippen LogP contribution in [0.2, 0.25) is 0 Å². The van der Waals surface area contributed by atoms with Crippen LogP contribution >= 0.6 is 11.3 Å². The first-order chi connectivity index (χ1) is 16.0. The molecule has 3 heterocycles. The molecule has 33 heavy (non-hydrogen) atoms. The van der Waals surface area contributed by atoms with Crippen molar-refractivity contribution >= 4 is 33.4 Å². The van der Waals surface area contributed by atoms with Crippen LogP contribution < -0.4 is 5.32 Å². The number of aromatic nitrogens is 1. The molecule has 1 aliphatic carbocycles. The van der Waals surface area contributed by atoms with Crippen LogP contribution in [0.1, 0.15) is 62.0 Å². The van der Waals surface area contributed by atoms with Crippen molar-refractivity contribution in [1.82, 2.24) is 14.8 Å². The van der Waals surface area contributed by atoms with E-state index in [4.69, 9.17) is 0 Å². The maximum atomic E-state index is 13.8. The molecule has 0 saturated heterocycles. The summed E-state index contributed by atoms with van der Waals surface area (Å²) in [5.74, 6) is 0.423. The molecule has 6 heteroatoms. The van der Waals surface area contributed by atoms with Crippen LogP contribution in [0.25, 0.3) is 10.2 Å². The Balaban J connectivity index is 1.43. The molecule has 1 aromatic carbocycles. The molecule has 0 radical (unpaired) electrons. The van der Waals surface area contributed by atoms with E-state index in [1.807, 2.05) is 36.1 Å². The van der Waals surface area contributed by atoms with Gasteiger partial charge in [-0.25, -0.2) is 0 Å². The van der Waals surface area contributed by atoms with E-state index in [-0.39, 0.29) is 17.9 Å². The number of thiophene rings is 1. The van der Waals surface area contributed by atoms with Gasteiger partial charge in [-0.15, -0.1) is 11.3 Å². The average molecular weight is 464 g/mol. The molecule has 3 aromatic rings. The van der Waals surface area contributed by atoms with E-state index >= 15 is 0 Å². The van der Waals surface area contributed by atoms with Crippen molar-refractivity contribution in [2.24, 2.45) is 5.92 Å². The van der Waals surface area contributed by atoms with Crippen LogP contribution in [0.15, 0.2) is 47.8 Å². The van der Waals surface area contributed by atoms with Gasteiger partial charge in [0.05, 0.1) is 16.8 Å². The molecule has 0 spiro atoms. The second-order valence-corrected chi connectivity index (χ2v) is 10.9. The van der Waals surface area contributed by atoms with Gasteiger partial charge in [-0.05, 0) is 61.6 Å². The van der Waals surface area contributed by atoms with Crippen molar-refractivity contribution in [3.8, 4) is 0 Å². The van der Waals surface area contributed by atoms with E-state index in [0.29, 0.717) is 24.7 Å².